The molecule has 0 aliphatic heterocycles. The van der Waals surface area contributed by atoms with Gasteiger partial charge < -0.3 is 10.1 Å². The molecule has 0 aliphatic rings. The number of hydrogen-bond acceptors (Lipinski definition) is 5. The first-order chi connectivity index (χ1) is 9.80. The number of thiazole rings is 1. The second-order valence-electron chi connectivity index (χ2n) is 4.18. The van der Waals surface area contributed by atoms with Gasteiger partial charge in [0.1, 0.15) is 11.8 Å². The van der Waals surface area contributed by atoms with Crippen LogP contribution >= 0.6 is 11.3 Å². The topological polar surface area (TPSA) is 57.9 Å². The van der Waals surface area contributed by atoms with Gasteiger partial charge in [0.25, 0.3) is 0 Å². The fraction of sp³-hybridized carbons (Fsp3) is 0.0667. The van der Waals surface area contributed by atoms with E-state index in [9.17, 15) is 0 Å². The number of hydrogen-bond donors (Lipinski definition) is 1. The quantitative estimate of drug-likeness (QED) is 0.790. The van der Waals surface area contributed by atoms with Crippen LogP contribution in [0, 0.1) is 11.3 Å². The molecular formula is C15H11N3OS. The molecule has 20 heavy (non-hydrogen) atoms. The minimum absolute atomic E-state index is 0.579. The summed E-state index contributed by atoms with van der Waals surface area (Å²) in [7, 11) is 1.61. The maximum absolute atomic E-state index is 9.16. The van der Waals surface area contributed by atoms with Gasteiger partial charge in [0, 0.05) is 11.8 Å². The van der Waals surface area contributed by atoms with Crippen molar-refractivity contribution in [3.8, 4) is 11.8 Å². The zero-order valence-electron chi connectivity index (χ0n) is 10.8. The Hall–Kier alpha value is -2.58. The predicted octanol–water partition coefficient (Wildman–Crippen LogP) is 3.92. The highest BCUT2D eigenvalue weighted by atomic mass is 32.1. The number of ether oxygens (including phenoxy) is 1. The molecule has 1 heterocycles. The van der Waals surface area contributed by atoms with Crippen LogP contribution in [0.25, 0.3) is 10.2 Å². The van der Waals surface area contributed by atoms with Crippen LogP contribution in [-0.2, 0) is 0 Å². The van der Waals surface area contributed by atoms with E-state index in [4.69, 9.17) is 10.00 Å². The summed E-state index contributed by atoms with van der Waals surface area (Å²) in [6, 6.07) is 13.4. The van der Waals surface area contributed by atoms with Crippen LogP contribution in [0.1, 0.15) is 5.56 Å². The van der Waals surface area contributed by atoms with Crippen molar-refractivity contribution in [1.82, 2.24) is 4.98 Å². The summed E-state index contributed by atoms with van der Waals surface area (Å²) >= 11 is 1.59. The van der Waals surface area contributed by atoms with E-state index in [1.165, 1.54) is 0 Å². The smallest absolute Gasteiger partial charge is 0.121 e. The van der Waals surface area contributed by atoms with E-state index in [1.54, 1.807) is 30.6 Å². The van der Waals surface area contributed by atoms with Gasteiger partial charge in [-0.1, -0.05) is 0 Å². The van der Waals surface area contributed by atoms with Gasteiger partial charge >= 0.3 is 0 Å². The Morgan fingerprint density at radius 1 is 1.25 bits per heavy atom. The Morgan fingerprint density at radius 3 is 2.95 bits per heavy atom. The number of methoxy groups -OCH3 is 1. The summed E-state index contributed by atoms with van der Waals surface area (Å²) in [6.07, 6.45) is 0. The molecule has 0 amide bonds. The summed E-state index contributed by atoms with van der Waals surface area (Å²) in [6.45, 7) is 0. The Bertz CT molecular complexity index is 804. The minimum Gasteiger partial charge on any atom is -0.497 e. The Morgan fingerprint density at radius 2 is 2.15 bits per heavy atom. The summed E-state index contributed by atoms with van der Waals surface area (Å²) in [4.78, 5) is 4.25. The lowest BCUT2D eigenvalue weighted by Gasteiger charge is -2.10. The predicted molar refractivity (Wildman–Crippen MR) is 80.6 cm³/mol. The second kappa shape index (κ2) is 5.19. The number of anilines is 2. The van der Waals surface area contributed by atoms with Crippen LogP contribution in [0.2, 0.25) is 0 Å². The van der Waals surface area contributed by atoms with E-state index in [2.05, 4.69) is 16.4 Å². The molecule has 4 nitrogen and oxygen atoms in total. The van der Waals surface area contributed by atoms with Gasteiger partial charge in [0.05, 0.1) is 34.1 Å². The Balaban J connectivity index is 1.99. The normalized spacial score (nSPS) is 10.2. The van der Waals surface area contributed by atoms with Crippen LogP contribution < -0.4 is 10.1 Å². The van der Waals surface area contributed by atoms with Gasteiger partial charge in [0.2, 0.25) is 0 Å². The molecule has 5 heteroatoms. The number of nitrogens with one attached hydrogen (secondary N) is 1. The molecule has 3 rings (SSSR count). The van der Waals surface area contributed by atoms with Crippen molar-refractivity contribution in [2.75, 3.05) is 12.4 Å². The fourth-order valence-corrected chi connectivity index (χ4v) is 2.66. The van der Waals surface area contributed by atoms with Crippen LogP contribution in [0.15, 0.2) is 41.9 Å². The summed E-state index contributed by atoms with van der Waals surface area (Å²) in [5.41, 5.74) is 5.03. The van der Waals surface area contributed by atoms with E-state index in [-0.39, 0.29) is 0 Å². The SMILES string of the molecule is COc1ccc(C#N)c(Nc2ccc3ncsc3c2)c1. The molecule has 98 valence electrons. The average molecular weight is 281 g/mol. The number of nitriles is 1. The van der Waals surface area contributed by atoms with Crippen molar-refractivity contribution in [2.45, 2.75) is 0 Å². The van der Waals surface area contributed by atoms with Gasteiger partial charge in [-0.3, -0.25) is 0 Å². The van der Waals surface area contributed by atoms with Crippen molar-refractivity contribution in [3.63, 3.8) is 0 Å². The van der Waals surface area contributed by atoms with E-state index < -0.39 is 0 Å². The van der Waals surface area contributed by atoms with Crippen LogP contribution in [0.5, 0.6) is 5.75 Å². The lowest BCUT2D eigenvalue weighted by atomic mass is 10.1. The van der Waals surface area contributed by atoms with Crippen molar-refractivity contribution >= 4 is 32.9 Å². The monoisotopic (exact) mass is 281 g/mol. The van der Waals surface area contributed by atoms with Gasteiger partial charge in [-0.05, 0) is 30.3 Å². The molecule has 3 aromatic rings. The van der Waals surface area contributed by atoms with Crippen molar-refractivity contribution in [1.29, 1.82) is 5.26 Å². The number of benzene rings is 2. The van der Waals surface area contributed by atoms with Crippen LogP contribution in [-0.4, -0.2) is 12.1 Å². The molecule has 0 atom stereocenters. The second-order valence-corrected chi connectivity index (χ2v) is 5.07. The highest BCUT2D eigenvalue weighted by molar-refractivity contribution is 7.16. The zero-order valence-corrected chi connectivity index (χ0v) is 11.6. The number of rotatable bonds is 3. The third kappa shape index (κ3) is 2.29. The summed E-state index contributed by atoms with van der Waals surface area (Å²) in [5.74, 6) is 0.713. The van der Waals surface area contributed by atoms with E-state index in [1.807, 2.05) is 29.8 Å². The van der Waals surface area contributed by atoms with Crippen LogP contribution in [0.4, 0.5) is 11.4 Å². The molecule has 1 aromatic heterocycles. The fourth-order valence-electron chi connectivity index (χ4n) is 1.94. The Labute approximate surface area is 120 Å². The lowest BCUT2D eigenvalue weighted by molar-refractivity contribution is 0.415. The average Bonchev–Trinajstić information content (AvgIpc) is 2.94. The summed E-state index contributed by atoms with van der Waals surface area (Å²) in [5, 5.41) is 12.4. The molecule has 0 saturated carbocycles. The molecule has 0 spiro atoms. The lowest BCUT2D eigenvalue weighted by Crippen LogP contribution is -1.94. The number of fused-ring (bicyclic) bond motifs is 1. The largest absolute Gasteiger partial charge is 0.497 e. The standard InChI is InChI=1S/C15H11N3OS/c1-19-12-4-2-10(8-16)14(7-12)18-11-3-5-13-15(6-11)20-9-17-13/h2-7,9,18H,1H3. The first-order valence-corrected chi connectivity index (χ1v) is 6.86. The van der Waals surface area contributed by atoms with Crippen molar-refractivity contribution in [2.24, 2.45) is 0 Å². The zero-order chi connectivity index (χ0) is 13.9. The molecule has 1 N–H and O–H groups in total. The molecule has 2 aromatic carbocycles. The first kappa shape index (κ1) is 12.5. The number of nitrogens with zero attached hydrogens (tertiary/aromatic N) is 2. The van der Waals surface area contributed by atoms with Crippen molar-refractivity contribution in [3.05, 3.63) is 47.5 Å². The van der Waals surface area contributed by atoms with Gasteiger partial charge in [-0.15, -0.1) is 11.3 Å². The third-order valence-corrected chi connectivity index (χ3v) is 3.75. The Kier molecular flexibility index (Phi) is 3.23. The third-order valence-electron chi connectivity index (χ3n) is 2.96. The molecule has 0 aliphatic carbocycles. The first-order valence-electron chi connectivity index (χ1n) is 5.98. The highest BCUT2D eigenvalue weighted by Gasteiger charge is 2.05. The molecule has 0 bridgehead atoms. The van der Waals surface area contributed by atoms with E-state index >= 15 is 0 Å². The summed E-state index contributed by atoms with van der Waals surface area (Å²) < 4.78 is 6.30. The van der Waals surface area contributed by atoms with Gasteiger partial charge in [-0.2, -0.15) is 5.26 Å². The van der Waals surface area contributed by atoms with E-state index in [0.717, 1.165) is 21.6 Å². The van der Waals surface area contributed by atoms with Gasteiger partial charge in [0.15, 0.2) is 0 Å². The maximum atomic E-state index is 9.16. The maximum Gasteiger partial charge on any atom is 0.121 e. The number of aromatic nitrogens is 1. The van der Waals surface area contributed by atoms with Crippen LogP contribution in [0.3, 0.4) is 0 Å². The molecule has 0 fully saturated rings. The molecule has 0 unspecified atom stereocenters. The van der Waals surface area contributed by atoms with E-state index in [0.29, 0.717) is 11.3 Å². The molecule has 0 radical (unpaired) electrons. The molecular weight excluding hydrogens is 270 g/mol. The van der Waals surface area contributed by atoms with Gasteiger partial charge in [-0.25, -0.2) is 4.98 Å². The minimum atomic E-state index is 0.579. The van der Waals surface area contributed by atoms with Crippen molar-refractivity contribution < 1.29 is 4.74 Å². The highest BCUT2D eigenvalue weighted by Crippen LogP contribution is 2.28. The molecule has 0 saturated heterocycles.